The SMILES string of the molecule is CC1=C(Cl)CC(Cl)=CC=C1. The quantitative estimate of drug-likeness (QED) is 0.527. The second kappa shape index (κ2) is 3.27. The second-order valence-corrected chi connectivity index (χ2v) is 3.18. The first-order valence-electron chi connectivity index (χ1n) is 3.08. The molecule has 1 rings (SSSR count). The van der Waals surface area contributed by atoms with E-state index in [2.05, 4.69) is 0 Å². The van der Waals surface area contributed by atoms with E-state index in [0.29, 0.717) is 6.42 Å². The van der Waals surface area contributed by atoms with E-state index >= 15 is 0 Å². The molecular formula is C8H8Cl2. The Morgan fingerprint density at radius 2 is 2.10 bits per heavy atom. The topological polar surface area (TPSA) is 0 Å². The van der Waals surface area contributed by atoms with Crippen molar-refractivity contribution >= 4 is 23.2 Å². The van der Waals surface area contributed by atoms with E-state index in [1.807, 2.05) is 25.2 Å². The van der Waals surface area contributed by atoms with E-state index < -0.39 is 0 Å². The van der Waals surface area contributed by atoms with Gasteiger partial charge >= 0.3 is 0 Å². The standard InChI is InChI=1S/C8H8Cl2/c1-6-3-2-4-7(9)5-8(6)10/h2-4H,5H2,1H3. The lowest BCUT2D eigenvalue weighted by Gasteiger charge is -1.96. The van der Waals surface area contributed by atoms with Crippen molar-refractivity contribution in [2.75, 3.05) is 0 Å². The van der Waals surface area contributed by atoms with Crippen LogP contribution < -0.4 is 0 Å². The molecule has 1 aliphatic rings. The van der Waals surface area contributed by atoms with E-state index in [-0.39, 0.29) is 0 Å². The van der Waals surface area contributed by atoms with Gasteiger partial charge in [0.15, 0.2) is 0 Å². The number of rotatable bonds is 0. The summed E-state index contributed by atoms with van der Waals surface area (Å²) in [5, 5.41) is 1.62. The minimum atomic E-state index is 0.669. The molecule has 0 atom stereocenters. The first-order valence-corrected chi connectivity index (χ1v) is 3.84. The van der Waals surface area contributed by atoms with E-state index in [1.54, 1.807) is 0 Å². The smallest absolute Gasteiger partial charge is 0.0262 e. The Hall–Kier alpha value is -0.200. The number of hydrogen-bond donors (Lipinski definition) is 0. The van der Waals surface area contributed by atoms with Gasteiger partial charge in [-0.3, -0.25) is 0 Å². The lowest BCUT2D eigenvalue weighted by molar-refractivity contribution is 1.28. The monoisotopic (exact) mass is 174 g/mol. The fraction of sp³-hybridized carbons (Fsp3) is 0.250. The van der Waals surface area contributed by atoms with Gasteiger partial charge in [0.2, 0.25) is 0 Å². The molecule has 0 amide bonds. The average Bonchev–Trinajstić information content (AvgIpc) is 1.96. The first kappa shape index (κ1) is 7.90. The molecule has 0 aromatic heterocycles. The maximum absolute atomic E-state index is 5.87. The zero-order chi connectivity index (χ0) is 7.56. The molecule has 0 aromatic carbocycles. The van der Waals surface area contributed by atoms with Gasteiger partial charge in [-0.25, -0.2) is 0 Å². The van der Waals surface area contributed by atoms with Crippen molar-refractivity contribution in [1.29, 1.82) is 0 Å². The van der Waals surface area contributed by atoms with Crippen molar-refractivity contribution in [3.63, 3.8) is 0 Å². The second-order valence-electron chi connectivity index (χ2n) is 2.24. The van der Waals surface area contributed by atoms with Crippen LogP contribution in [0, 0.1) is 0 Å². The summed E-state index contributed by atoms with van der Waals surface area (Å²) in [6, 6.07) is 0. The summed E-state index contributed by atoms with van der Waals surface area (Å²) in [6.07, 6.45) is 6.40. The maximum Gasteiger partial charge on any atom is 0.0262 e. The first-order chi connectivity index (χ1) is 4.70. The normalized spacial score (nSPS) is 18.9. The summed E-state index contributed by atoms with van der Waals surface area (Å²) >= 11 is 11.6. The van der Waals surface area contributed by atoms with Crippen LogP contribution in [0.2, 0.25) is 0 Å². The number of hydrogen-bond acceptors (Lipinski definition) is 0. The van der Waals surface area contributed by atoms with Gasteiger partial charge in [-0.2, -0.15) is 0 Å². The molecular weight excluding hydrogens is 167 g/mol. The summed E-state index contributed by atoms with van der Waals surface area (Å²) in [4.78, 5) is 0. The van der Waals surface area contributed by atoms with Gasteiger partial charge in [0.1, 0.15) is 0 Å². The van der Waals surface area contributed by atoms with Crippen LogP contribution in [0.25, 0.3) is 0 Å². The predicted molar refractivity (Wildman–Crippen MR) is 46.2 cm³/mol. The third-order valence-electron chi connectivity index (χ3n) is 1.38. The van der Waals surface area contributed by atoms with E-state index in [4.69, 9.17) is 23.2 Å². The van der Waals surface area contributed by atoms with E-state index in [9.17, 15) is 0 Å². The fourth-order valence-corrected chi connectivity index (χ4v) is 1.22. The van der Waals surface area contributed by atoms with Crippen LogP contribution in [0.3, 0.4) is 0 Å². The molecule has 0 saturated carbocycles. The molecule has 0 heterocycles. The predicted octanol–water partition coefficient (Wildman–Crippen LogP) is 3.58. The molecule has 0 aliphatic heterocycles. The minimum absolute atomic E-state index is 0.669. The Kier molecular flexibility index (Phi) is 2.58. The van der Waals surface area contributed by atoms with Gasteiger partial charge in [0.25, 0.3) is 0 Å². The van der Waals surface area contributed by atoms with Gasteiger partial charge in [-0.05, 0) is 18.6 Å². The molecule has 0 spiro atoms. The van der Waals surface area contributed by atoms with E-state index in [0.717, 1.165) is 15.6 Å². The van der Waals surface area contributed by atoms with Crippen LogP contribution in [0.15, 0.2) is 33.9 Å². The van der Waals surface area contributed by atoms with Gasteiger partial charge < -0.3 is 0 Å². The Balaban J connectivity index is 2.90. The maximum atomic E-state index is 5.87. The van der Waals surface area contributed by atoms with Crippen molar-refractivity contribution in [3.8, 4) is 0 Å². The van der Waals surface area contributed by atoms with Gasteiger partial charge in [-0.1, -0.05) is 35.4 Å². The minimum Gasteiger partial charge on any atom is -0.0888 e. The van der Waals surface area contributed by atoms with Crippen LogP contribution in [0.5, 0.6) is 0 Å². The Morgan fingerprint density at radius 1 is 1.40 bits per heavy atom. The van der Waals surface area contributed by atoms with Crippen LogP contribution in [-0.4, -0.2) is 0 Å². The highest BCUT2D eigenvalue weighted by molar-refractivity contribution is 6.34. The lowest BCUT2D eigenvalue weighted by atomic mass is 10.2. The van der Waals surface area contributed by atoms with Crippen molar-refractivity contribution in [3.05, 3.63) is 33.9 Å². The molecule has 0 bridgehead atoms. The summed E-state index contributed by atoms with van der Waals surface area (Å²) in [5.74, 6) is 0. The molecule has 0 saturated heterocycles. The van der Waals surface area contributed by atoms with Gasteiger partial charge in [0.05, 0.1) is 0 Å². The average molecular weight is 175 g/mol. The third-order valence-corrected chi connectivity index (χ3v) is 2.07. The molecule has 2 heteroatoms. The molecule has 0 radical (unpaired) electrons. The Morgan fingerprint density at radius 3 is 2.80 bits per heavy atom. The summed E-state index contributed by atoms with van der Waals surface area (Å²) in [7, 11) is 0. The fourth-order valence-electron chi connectivity index (χ4n) is 0.734. The van der Waals surface area contributed by atoms with Crippen molar-refractivity contribution in [2.24, 2.45) is 0 Å². The zero-order valence-electron chi connectivity index (χ0n) is 5.70. The Bertz CT molecular complexity index is 221. The molecule has 54 valence electrons. The lowest BCUT2D eigenvalue weighted by Crippen LogP contribution is -1.75. The zero-order valence-corrected chi connectivity index (χ0v) is 7.21. The third kappa shape index (κ3) is 1.89. The summed E-state index contributed by atoms with van der Waals surface area (Å²) < 4.78 is 0. The van der Waals surface area contributed by atoms with E-state index in [1.165, 1.54) is 0 Å². The molecule has 10 heavy (non-hydrogen) atoms. The van der Waals surface area contributed by atoms with Crippen LogP contribution >= 0.6 is 23.2 Å². The molecule has 0 aromatic rings. The van der Waals surface area contributed by atoms with Crippen LogP contribution in [0.4, 0.5) is 0 Å². The van der Waals surface area contributed by atoms with Crippen molar-refractivity contribution in [1.82, 2.24) is 0 Å². The highest BCUT2D eigenvalue weighted by Gasteiger charge is 2.01. The molecule has 0 nitrogen and oxygen atoms in total. The highest BCUT2D eigenvalue weighted by Crippen LogP contribution is 2.24. The van der Waals surface area contributed by atoms with Crippen molar-refractivity contribution in [2.45, 2.75) is 13.3 Å². The molecule has 0 unspecified atom stereocenters. The van der Waals surface area contributed by atoms with Crippen molar-refractivity contribution < 1.29 is 0 Å². The van der Waals surface area contributed by atoms with Gasteiger partial charge in [0, 0.05) is 16.5 Å². The van der Waals surface area contributed by atoms with Crippen LogP contribution in [0.1, 0.15) is 13.3 Å². The van der Waals surface area contributed by atoms with Crippen LogP contribution in [-0.2, 0) is 0 Å². The summed E-state index contributed by atoms with van der Waals surface area (Å²) in [6.45, 7) is 1.97. The molecule has 0 fully saturated rings. The summed E-state index contributed by atoms with van der Waals surface area (Å²) in [5.41, 5.74) is 1.09. The number of allylic oxidation sites excluding steroid dienone is 6. The molecule has 0 N–H and O–H groups in total. The largest absolute Gasteiger partial charge is 0.0888 e. The molecule has 1 aliphatic carbocycles. The Labute approximate surface area is 70.8 Å². The van der Waals surface area contributed by atoms with Gasteiger partial charge in [-0.15, -0.1) is 0 Å². The number of halogens is 2. The highest BCUT2D eigenvalue weighted by atomic mass is 35.5.